The lowest BCUT2D eigenvalue weighted by Gasteiger charge is -2.37. The number of carbonyl (C=O) groups is 1. The Bertz CT molecular complexity index is 743. The molecule has 0 bridgehead atoms. The van der Waals surface area contributed by atoms with E-state index in [0.717, 1.165) is 12.1 Å². The van der Waals surface area contributed by atoms with Crippen LogP contribution in [0.3, 0.4) is 0 Å². The number of ether oxygens (including phenoxy) is 1. The molecule has 126 valence electrons. The van der Waals surface area contributed by atoms with E-state index in [1.165, 1.54) is 36.4 Å². The van der Waals surface area contributed by atoms with Crippen LogP contribution >= 0.6 is 0 Å². The summed E-state index contributed by atoms with van der Waals surface area (Å²) in [5.74, 6) is -1.22. The molecule has 0 aromatic heterocycles. The predicted molar refractivity (Wildman–Crippen MR) is 77.8 cm³/mol. The van der Waals surface area contributed by atoms with Crippen LogP contribution in [-0.2, 0) is 10.9 Å². The zero-order valence-corrected chi connectivity index (χ0v) is 12.3. The van der Waals surface area contributed by atoms with Gasteiger partial charge < -0.3 is 10.1 Å². The fourth-order valence-electron chi connectivity index (χ4n) is 2.56. The normalized spacial score (nSPS) is 20.3. The molecule has 2 aromatic carbocycles. The molecule has 7 heteroatoms. The van der Waals surface area contributed by atoms with Crippen molar-refractivity contribution in [1.29, 1.82) is 0 Å². The summed E-state index contributed by atoms with van der Waals surface area (Å²) < 4.78 is 57.2. The Morgan fingerprint density at radius 2 is 1.75 bits per heavy atom. The van der Waals surface area contributed by atoms with Crippen LogP contribution in [0.25, 0.3) is 0 Å². The first-order valence-corrected chi connectivity index (χ1v) is 7.20. The van der Waals surface area contributed by atoms with Gasteiger partial charge >= 0.3 is 6.18 Å². The molecule has 1 saturated heterocycles. The Labute approximate surface area is 135 Å². The van der Waals surface area contributed by atoms with Crippen LogP contribution in [0.15, 0.2) is 48.5 Å². The Hall–Kier alpha value is -2.41. The molecule has 1 heterocycles. The van der Waals surface area contributed by atoms with E-state index < -0.39 is 41.2 Å². The van der Waals surface area contributed by atoms with Crippen LogP contribution in [0.2, 0.25) is 0 Å². The number of hydrogen-bond donors (Lipinski definition) is 1. The average molecular weight is 339 g/mol. The fourth-order valence-corrected chi connectivity index (χ4v) is 2.56. The molecule has 1 aliphatic heterocycles. The first-order valence-electron chi connectivity index (χ1n) is 7.20. The van der Waals surface area contributed by atoms with Gasteiger partial charge in [0.2, 0.25) is 0 Å². The van der Waals surface area contributed by atoms with E-state index in [1.54, 1.807) is 0 Å². The van der Waals surface area contributed by atoms with E-state index in [-0.39, 0.29) is 6.61 Å². The molecule has 24 heavy (non-hydrogen) atoms. The zero-order chi connectivity index (χ0) is 17.3. The zero-order valence-electron chi connectivity index (χ0n) is 12.3. The Morgan fingerprint density at radius 1 is 1.08 bits per heavy atom. The van der Waals surface area contributed by atoms with Crippen LogP contribution in [0, 0.1) is 5.82 Å². The van der Waals surface area contributed by atoms with Crippen molar-refractivity contribution < 1.29 is 27.1 Å². The summed E-state index contributed by atoms with van der Waals surface area (Å²) >= 11 is 0. The lowest BCUT2D eigenvalue weighted by molar-refractivity contribution is -0.138. The molecule has 0 saturated carbocycles. The third kappa shape index (κ3) is 3.26. The van der Waals surface area contributed by atoms with Gasteiger partial charge in [-0.2, -0.15) is 13.2 Å². The van der Waals surface area contributed by atoms with Gasteiger partial charge in [0.05, 0.1) is 23.8 Å². The molecular weight excluding hydrogens is 326 g/mol. The highest BCUT2D eigenvalue weighted by molar-refractivity contribution is 5.96. The third-order valence-corrected chi connectivity index (χ3v) is 3.81. The quantitative estimate of drug-likeness (QED) is 0.866. The van der Waals surface area contributed by atoms with Gasteiger partial charge in [-0.3, -0.25) is 4.79 Å². The first kappa shape index (κ1) is 16.4. The molecular formula is C17H13F4NO2. The molecule has 2 aromatic rings. The van der Waals surface area contributed by atoms with Crippen molar-refractivity contribution in [3.8, 4) is 0 Å². The number of halogens is 4. The van der Waals surface area contributed by atoms with E-state index in [4.69, 9.17) is 4.74 Å². The minimum absolute atomic E-state index is 0.183. The summed E-state index contributed by atoms with van der Waals surface area (Å²) in [6, 6.07) is 9.68. The van der Waals surface area contributed by atoms with E-state index in [0.29, 0.717) is 5.56 Å². The van der Waals surface area contributed by atoms with E-state index in [2.05, 4.69) is 5.32 Å². The summed E-state index contributed by atoms with van der Waals surface area (Å²) in [5, 5.41) is 2.55. The van der Waals surface area contributed by atoms with Gasteiger partial charge in [-0.25, -0.2) is 4.39 Å². The average Bonchev–Trinajstić information content (AvgIpc) is 2.52. The number of amides is 1. The van der Waals surface area contributed by atoms with Gasteiger partial charge in [-0.15, -0.1) is 0 Å². The molecule has 1 N–H and O–H groups in total. The molecule has 2 atom stereocenters. The van der Waals surface area contributed by atoms with Crippen molar-refractivity contribution in [3.63, 3.8) is 0 Å². The molecule has 1 fully saturated rings. The van der Waals surface area contributed by atoms with Gasteiger partial charge in [0.25, 0.3) is 5.91 Å². The maximum Gasteiger partial charge on any atom is 0.417 e. The minimum Gasteiger partial charge on any atom is -0.369 e. The van der Waals surface area contributed by atoms with Gasteiger partial charge in [0.1, 0.15) is 11.9 Å². The smallest absolute Gasteiger partial charge is 0.369 e. The molecule has 3 rings (SSSR count). The van der Waals surface area contributed by atoms with Crippen molar-refractivity contribution >= 4 is 5.91 Å². The monoisotopic (exact) mass is 339 g/mol. The van der Waals surface area contributed by atoms with Crippen molar-refractivity contribution in [3.05, 3.63) is 71.0 Å². The van der Waals surface area contributed by atoms with Crippen molar-refractivity contribution in [2.75, 3.05) is 6.61 Å². The third-order valence-electron chi connectivity index (χ3n) is 3.81. The van der Waals surface area contributed by atoms with Crippen LogP contribution < -0.4 is 5.32 Å². The van der Waals surface area contributed by atoms with Crippen LogP contribution in [0.1, 0.15) is 27.6 Å². The molecule has 1 amide bonds. The SMILES string of the molecule is O=C(N[C@@H]1CO[C@@H]1c1ccc(F)cc1)c1ccccc1C(F)(F)F. The van der Waals surface area contributed by atoms with Crippen molar-refractivity contribution in [2.45, 2.75) is 18.3 Å². The molecule has 0 unspecified atom stereocenters. The number of hydrogen-bond acceptors (Lipinski definition) is 2. The van der Waals surface area contributed by atoms with Gasteiger partial charge in [-0.05, 0) is 29.8 Å². The highest BCUT2D eigenvalue weighted by atomic mass is 19.4. The summed E-state index contributed by atoms with van der Waals surface area (Å²) in [4.78, 5) is 12.2. The van der Waals surface area contributed by atoms with Crippen LogP contribution in [0.4, 0.5) is 17.6 Å². The summed E-state index contributed by atoms with van der Waals surface area (Å²) in [5.41, 5.74) is -0.770. The molecule has 1 aliphatic rings. The maximum absolute atomic E-state index is 13.0. The second-order valence-electron chi connectivity index (χ2n) is 5.43. The largest absolute Gasteiger partial charge is 0.417 e. The Balaban J connectivity index is 1.75. The Morgan fingerprint density at radius 3 is 2.33 bits per heavy atom. The lowest BCUT2D eigenvalue weighted by atomic mass is 9.97. The highest BCUT2D eigenvalue weighted by Crippen LogP contribution is 2.33. The van der Waals surface area contributed by atoms with Crippen LogP contribution in [-0.4, -0.2) is 18.6 Å². The van der Waals surface area contributed by atoms with Gasteiger partial charge in [-0.1, -0.05) is 24.3 Å². The van der Waals surface area contributed by atoms with E-state index in [1.807, 2.05) is 0 Å². The fraction of sp³-hybridized carbons (Fsp3) is 0.235. The van der Waals surface area contributed by atoms with E-state index >= 15 is 0 Å². The van der Waals surface area contributed by atoms with Crippen LogP contribution in [0.5, 0.6) is 0 Å². The number of carbonyl (C=O) groups excluding carboxylic acids is 1. The number of alkyl halides is 3. The molecule has 0 spiro atoms. The highest BCUT2D eigenvalue weighted by Gasteiger charge is 2.38. The van der Waals surface area contributed by atoms with Crippen molar-refractivity contribution in [1.82, 2.24) is 5.32 Å². The minimum atomic E-state index is -4.61. The first-order chi connectivity index (χ1) is 11.4. The summed E-state index contributed by atoms with van der Waals surface area (Å²) in [6.07, 6.45) is -5.12. The van der Waals surface area contributed by atoms with Gasteiger partial charge in [0, 0.05) is 0 Å². The summed E-state index contributed by atoms with van der Waals surface area (Å²) in [6.45, 7) is 0.183. The maximum atomic E-state index is 13.0. The second kappa shape index (κ2) is 6.24. The number of rotatable bonds is 3. The standard InChI is InChI=1S/C17H13F4NO2/c18-11-7-5-10(6-8-11)15-14(9-24-15)22-16(23)12-3-1-2-4-13(12)17(19,20)21/h1-8,14-15H,9H2,(H,22,23)/t14-,15-/m1/s1. The predicted octanol–water partition coefficient (Wildman–Crippen LogP) is 3.71. The second-order valence-corrected chi connectivity index (χ2v) is 5.43. The van der Waals surface area contributed by atoms with E-state index in [9.17, 15) is 22.4 Å². The number of nitrogens with one attached hydrogen (secondary N) is 1. The topological polar surface area (TPSA) is 38.3 Å². The number of benzene rings is 2. The van der Waals surface area contributed by atoms with Crippen molar-refractivity contribution in [2.24, 2.45) is 0 Å². The molecule has 3 nitrogen and oxygen atoms in total. The Kier molecular flexibility index (Phi) is 4.28. The lowest BCUT2D eigenvalue weighted by Crippen LogP contribution is -2.51. The molecule has 0 radical (unpaired) electrons. The summed E-state index contributed by atoms with van der Waals surface area (Å²) in [7, 11) is 0. The van der Waals surface area contributed by atoms with Gasteiger partial charge in [0.15, 0.2) is 0 Å². The molecule has 0 aliphatic carbocycles.